The third-order valence-corrected chi connectivity index (χ3v) is 4.00. The van der Waals surface area contributed by atoms with E-state index >= 15 is 0 Å². The Bertz CT molecular complexity index is 472. The minimum absolute atomic E-state index is 0.136. The zero-order valence-electron chi connectivity index (χ0n) is 11.1. The fraction of sp³-hybridized carbons (Fsp3) is 0.500. The molecule has 0 heterocycles. The number of halogens is 1. The van der Waals surface area contributed by atoms with E-state index in [1.54, 1.807) is 0 Å². The van der Waals surface area contributed by atoms with E-state index in [-0.39, 0.29) is 5.84 Å². The summed E-state index contributed by atoms with van der Waals surface area (Å²) >= 11 is 3.59. The lowest BCUT2D eigenvalue weighted by molar-refractivity contribution is 0.318. The molecule has 0 saturated heterocycles. The van der Waals surface area contributed by atoms with Gasteiger partial charge < -0.3 is 15.8 Å². The number of anilines is 1. The van der Waals surface area contributed by atoms with Crippen LogP contribution in [0.3, 0.4) is 0 Å². The van der Waals surface area contributed by atoms with E-state index in [1.807, 2.05) is 18.2 Å². The molecule has 1 fully saturated rings. The summed E-state index contributed by atoms with van der Waals surface area (Å²) in [7, 11) is 0. The molecule has 0 aromatic heterocycles. The number of oxime groups is 1. The van der Waals surface area contributed by atoms with Gasteiger partial charge in [-0.25, -0.2) is 0 Å². The average Bonchev–Trinajstić information content (AvgIpc) is 3.21. The Kier molecular flexibility index (Phi) is 4.69. The highest BCUT2D eigenvalue weighted by Gasteiger charge is 2.25. The molecule has 0 spiro atoms. The highest BCUT2D eigenvalue weighted by Crippen LogP contribution is 2.34. The van der Waals surface area contributed by atoms with Crippen LogP contribution in [-0.4, -0.2) is 24.1 Å². The lowest BCUT2D eigenvalue weighted by atomic mass is 10.1. The van der Waals surface area contributed by atoms with Crippen molar-refractivity contribution in [3.63, 3.8) is 0 Å². The van der Waals surface area contributed by atoms with Gasteiger partial charge >= 0.3 is 0 Å². The second-order valence-electron chi connectivity index (χ2n) is 5.04. The van der Waals surface area contributed by atoms with Crippen molar-refractivity contribution in [2.24, 2.45) is 16.8 Å². The first kappa shape index (κ1) is 14.2. The molecule has 2 rings (SSSR count). The molecule has 1 aliphatic carbocycles. The number of nitrogens with two attached hydrogens (primary N) is 1. The van der Waals surface area contributed by atoms with Gasteiger partial charge in [0.2, 0.25) is 0 Å². The highest BCUT2D eigenvalue weighted by atomic mass is 79.9. The van der Waals surface area contributed by atoms with Gasteiger partial charge in [-0.2, -0.15) is 0 Å². The normalized spacial score (nSPS) is 15.6. The third-order valence-electron chi connectivity index (χ3n) is 3.36. The van der Waals surface area contributed by atoms with Crippen LogP contribution in [0.5, 0.6) is 0 Å². The van der Waals surface area contributed by atoms with Crippen molar-refractivity contribution in [3.05, 3.63) is 28.2 Å². The Morgan fingerprint density at radius 2 is 2.26 bits per heavy atom. The smallest absolute Gasteiger partial charge is 0.170 e. The lowest BCUT2D eigenvalue weighted by Crippen LogP contribution is -2.27. The van der Waals surface area contributed by atoms with Crippen LogP contribution in [0.2, 0.25) is 0 Å². The molecular weight excluding hydrogens is 306 g/mol. The zero-order chi connectivity index (χ0) is 13.8. The summed E-state index contributed by atoms with van der Waals surface area (Å²) in [5.74, 6) is 0.985. The maximum Gasteiger partial charge on any atom is 0.170 e. The molecule has 0 atom stereocenters. The summed E-state index contributed by atoms with van der Waals surface area (Å²) in [5, 5.41) is 11.7. The summed E-state index contributed by atoms with van der Waals surface area (Å²) in [6, 6.07) is 5.83. The van der Waals surface area contributed by atoms with E-state index in [9.17, 15) is 0 Å². The molecule has 0 bridgehead atoms. The van der Waals surface area contributed by atoms with Crippen molar-refractivity contribution >= 4 is 27.5 Å². The van der Waals surface area contributed by atoms with E-state index in [0.29, 0.717) is 0 Å². The Morgan fingerprint density at radius 1 is 1.53 bits per heavy atom. The lowest BCUT2D eigenvalue weighted by Gasteiger charge is -2.25. The Balaban J connectivity index is 2.21. The Labute approximate surface area is 122 Å². The van der Waals surface area contributed by atoms with Crippen molar-refractivity contribution in [2.45, 2.75) is 26.2 Å². The molecule has 104 valence electrons. The van der Waals surface area contributed by atoms with Crippen LogP contribution in [0.25, 0.3) is 0 Å². The molecule has 0 aliphatic heterocycles. The number of rotatable bonds is 6. The van der Waals surface area contributed by atoms with Crippen LogP contribution < -0.4 is 10.6 Å². The molecule has 0 unspecified atom stereocenters. The summed E-state index contributed by atoms with van der Waals surface area (Å²) in [6.07, 6.45) is 3.82. The molecule has 1 aromatic rings. The molecule has 19 heavy (non-hydrogen) atoms. The minimum Gasteiger partial charge on any atom is -0.409 e. The topological polar surface area (TPSA) is 61.8 Å². The van der Waals surface area contributed by atoms with Gasteiger partial charge in [-0.1, -0.05) is 12.1 Å². The van der Waals surface area contributed by atoms with Crippen LogP contribution >= 0.6 is 15.9 Å². The van der Waals surface area contributed by atoms with Gasteiger partial charge in [0.15, 0.2) is 5.84 Å². The predicted molar refractivity (Wildman–Crippen MR) is 81.9 cm³/mol. The minimum atomic E-state index is 0.136. The monoisotopic (exact) mass is 325 g/mol. The first-order valence-corrected chi connectivity index (χ1v) is 7.47. The molecule has 1 saturated carbocycles. The van der Waals surface area contributed by atoms with E-state index in [2.05, 4.69) is 32.9 Å². The highest BCUT2D eigenvalue weighted by molar-refractivity contribution is 9.10. The van der Waals surface area contributed by atoms with Crippen molar-refractivity contribution in [1.29, 1.82) is 0 Å². The first-order valence-electron chi connectivity index (χ1n) is 6.68. The van der Waals surface area contributed by atoms with E-state index in [4.69, 9.17) is 10.9 Å². The molecule has 5 heteroatoms. The standard InChI is InChI=1S/C14H20BrN3O/c1-2-7-18(9-10-3-4-10)13-6-5-11(8-12(13)15)14(16)17-19/h5-6,8,10,19H,2-4,7,9H2,1H3,(H2,16,17). The van der Waals surface area contributed by atoms with Crippen molar-refractivity contribution in [1.82, 2.24) is 0 Å². The number of nitrogens with zero attached hydrogens (tertiary/aromatic N) is 2. The average molecular weight is 326 g/mol. The van der Waals surface area contributed by atoms with Gasteiger partial charge in [-0.15, -0.1) is 0 Å². The summed E-state index contributed by atoms with van der Waals surface area (Å²) in [4.78, 5) is 2.41. The second-order valence-corrected chi connectivity index (χ2v) is 5.90. The molecule has 3 N–H and O–H groups in total. The predicted octanol–water partition coefficient (Wildman–Crippen LogP) is 3.17. The fourth-order valence-corrected chi connectivity index (χ4v) is 2.80. The molecule has 4 nitrogen and oxygen atoms in total. The van der Waals surface area contributed by atoms with Gasteiger partial charge in [-0.3, -0.25) is 0 Å². The molecular formula is C14H20BrN3O. The van der Waals surface area contributed by atoms with Crippen molar-refractivity contribution in [2.75, 3.05) is 18.0 Å². The van der Waals surface area contributed by atoms with Crippen LogP contribution in [0.4, 0.5) is 5.69 Å². The summed E-state index contributed by atoms with van der Waals surface area (Å²) < 4.78 is 0.991. The van der Waals surface area contributed by atoms with Crippen LogP contribution in [0.15, 0.2) is 27.8 Å². The number of benzene rings is 1. The maximum atomic E-state index is 8.71. The summed E-state index contributed by atoms with van der Waals surface area (Å²) in [6.45, 7) is 4.37. The van der Waals surface area contributed by atoms with Crippen molar-refractivity contribution < 1.29 is 5.21 Å². The molecule has 0 amide bonds. The maximum absolute atomic E-state index is 8.71. The third kappa shape index (κ3) is 3.62. The second kappa shape index (κ2) is 6.28. The van der Waals surface area contributed by atoms with Gasteiger partial charge in [0.05, 0.1) is 5.69 Å². The van der Waals surface area contributed by atoms with Crippen LogP contribution in [0, 0.1) is 5.92 Å². The van der Waals surface area contributed by atoms with Gasteiger partial charge in [0.25, 0.3) is 0 Å². The van der Waals surface area contributed by atoms with Crippen molar-refractivity contribution in [3.8, 4) is 0 Å². The first-order chi connectivity index (χ1) is 9.15. The molecule has 0 radical (unpaired) electrons. The van der Waals surface area contributed by atoms with Gasteiger partial charge in [0, 0.05) is 23.1 Å². The van der Waals surface area contributed by atoms with Crippen LogP contribution in [-0.2, 0) is 0 Å². The SMILES string of the molecule is CCCN(CC1CC1)c1ccc(/C(N)=N/O)cc1Br. The van der Waals surface area contributed by atoms with Gasteiger partial charge in [-0.05, 0) is 59.3 Å². The quantitative estimate of drug-likeness (QED) is 0.365. The van der Waals surface area contributed by atoms with E-state index in [1.165, 1.54) is 18.5 Å². The van der Waals surface area contributed by atoms with E-state index in [0.717, 1.165) is 35.5 Å². The van der Waals surface area contributed by atoms with Gasteiger partial charge in [0.1, 0.15) is 0 Å². The largest absolute Gasteiger partial charge is 0.409 e. The number of amidine groups is 1. The molecule has 1 aromatic carbocycles. The fourth-order valence-electron chi connectivity index (χ4n) is 2.17. The van der Waals surface area contributed by atoms with E-state index < -0.39 is 0 Å². The molecule has 1 aliphatic rings. The number of hydrogen-bond donors (Lipinski definition) is 2. The Morgan fingerprint density at radius 3 is 2.79 bits per heavy atom. The number of hydrogen-bond acceptors (Lipinski definition) is 3. The zero-order valence-corrected chi connectivity index (χ0v) is 12.7. The summed E-state index contributed by atoms with van der Waals surface area (Å²) in [5.41, 5.74) is 7.51. The van der Waals surface area contributed by atoms with Crippen LogP contribution in [0.1, 0.15) is 31.7 Å². The Hall–Kier alpha value is -1.23.